The number of hydrogen-bond donors (Lipinski definition) is 1. The van der Waals surface area contributed by atoms with Gasteiger partial charge in [0, 0.05) is 12.4 Å². The highest BCUT2D eigenvalue weighted by atomic mass is 32.1. The van der Waals surface area contributed by atoms with E-state index in [1.165, 1.54) is 10.7 Å². The largest absolute Gasteiger partial charge is 0.462 e. The number of nitrogens with zero attached hydrogens (tertiary/aromatic N) is 3. The first kappa shape index (κ1) is 19.5. The Balaban J connectivity index is 1.99. The molecule has 10 heteroatoms. The molecule has 28 heavy (non-hydrogen) atoms. The molecule has 1 N–H and O–H groups in total. The summed E-state index contributed by atoms with van der Waals surface area (Å²) in [6.07, 6.45) is 4.59. The van der Waals surface area contributed by atoms with Crippen molar-refractivity contribution in [2.24, 2.45) is 0 Å². The smallest absolute Gasteiger partial charge is 0.348 e. The van der Waals surface area contributed by atoms with E-state index in [0.29, 0.717) is 11.2 Å². The zero-order chi connectivity index (χ0) is 20.3. The first-order valence-electron chi connectivity index (χ1n) is 8.55. The van der Waals surface area contributed by atoms with Crippen LogP contribution in [0.5, 0.6) is 0 Å². The predicted molar refractivity (Wildman–Crippen MR) is 102 cm³/mol. The fourth-order valence-corrected chi connectivity index (χ4v) is 3.68. The highest BCUT2D eigenvalue weighted by Gasteiger charge is 2.28. The number of thiophene rings is 1. The van der Waals surface area contributed by atoms with Gasteiger partial charge in [-0.2, -0.15) is 5.10 Å². The highest BCUT2D eigenvalue weighted by Crippen LogP contribution is 2.34. The van der Waals surface area contributed by atoms with Gasteiger partial charge in [0.25, 0.3) is 5.91 Å². The monoisotopic (exact) mass is 402 g/mol. The van der Waals surface area contributed by atoms with Crippen LogP contribution in [0.25, 0.3) is 5.65 Å². The Labute approximate surface area is 164 Å². The van der Waals surface area contributed by atoms with Crippen molar-refractivity contribution < 1.29 is 23.9 Å². The summed E-state index contributed by atoms with van der Waals surface area (Å²) in [6.45, 7) is 5.33. The molecule has 0 radical (unpaired) electrons. The molecular formula is C18H18N4O5S. The lowest BCUT2D eigenvalue weighted by Crippen LogP contribution is -2.15. The number of fused-ring (bicyclic) bond motifs is 1. The zero-order valence-electron chi connectivity index (χ0n) is 15.5. The minimum absolute atomic E-state index is 0.132. The third kappa shape index (κ3) is 3.58. The lowest BCUT2D eigenvalue weighted by atomic mass is 10.1. The molecule has 146 valence electrons. The summed E-state index contributed by atoms with van der Waals surface area (Å²) >= 11 is 0.964. The van der Waals surface area contributed by atoms with Gasteiger partial charge in [-0.15, -0.1) is 11.3 Å². The van der Waals surface area contributed by atoms with E-state index in [1.807, 2.05) is 0 Å². The minimum Gasteiger partial charge on any atom is -0.462 e. The van der Waals surface area contributed by atoms with Crippen LogP contribution in [0.15, 0.2) is 24.7 Å². The topological polar surface area (TPSA) is 112 Å². The molecule has 3 rings (SSSR count). The van der Waals surface area contributed by atoms with E-state index >= 15 is 0 Å². The first-order chi connectivity index (χ1) is 13.5. The lowest BCUT2D eigenvalue weighted by molar-refractivity contribution is 0.0527. The van der Waals surface area contributed by atoms with Crippen LogP contribution in [-0.4, -0.2) is 45.7 Å². The molecule has 0 bridgehead atoms. The van der Waals surface area contributed by atoms with Crippen molar-refractivity contribution in [2.45, 2.75) is 20.8 Å². The maximum atomic E-state index is 12.8. The Morgan fingerprint density at radius 1 is 1.18 bits per heavy atom. The van der Waals surface area contributed by atoms with Gasteiger partial charge in [-0.25, -0.2) is 19.1 Å². The van der Waals surface area contributed by atoms with E-state index in [-0.39, 0.29) is 34.2 Å². The number of hydrogen-bond acceptors (Lipinski definition) is 8. The number of nitrogens with one attached hydrogen (secondary N) is 1. The fourth-order valence-electron chi connectivity index (χ4n) is 2.60. The molecule has 1 amide bonds. The minimum atomic E-state index is -0.625. The molecule has 0 aromatic carbocycles. The van der Waals surface area contributed by atoms with Crippen LogP contribution in [0.4, 0.5) is 5.00 Å². The van der Waals surface area contributed by atoms with Gasteiger partial charge in [0.15, 0.2) is 5.65 Å². The number of ether oxygens (including phenoxy) is 2. The summed E-state index contributed by atoms with van der Waals surface area (Å²) < 4.78 is 11.6. The molecule has 0 aliphatic heterocycles. The molecule has 9 nitrogen and oxygen atoms in total. The molecule has 3 aromatic heterocycles. The average molecular weight is 402 g/mol. The van der Waals surface area contributed by atoms with Crippen molar-refractivity contribution in [2.75, 3.05) is 18.5 Å². The number of aromatic nitrogens is 3. The van der Waals surface area contributed by atoms with Crippen LogP contribution < -0.4 is 5.32 Å². The standard InChI is InChI=1S/C18H18N4O5S/c1-4-26-17(24)12-10(3)13(18(25)27-5-2)28-16(12)21-15(23)11-9-20-22-8-6-7-19-14(11)22/h6-9H,4-5H2,1-3H3,(H,21,23). The van der Waals surface area contributed by atoms with Crippen LogP contribution in [0.3, 0.4) is 0 Å². The predicted octanol–water partition coefficient (Wildman–Crippen LogP) is 2.70. The maximum absolute atomic E-state index is 12.8. The number of rotatable bonds is 6. The summed E-state index contributed by atoms with van der Waals surface area (Å²) in [5, 5.41) is 6.96. The molecule has 0 saturated carbocycles. The molecule has 3 heterocycles. The Morgan fingerprint density at radius 2 is 1.89 bits per heavy atom. The van der Waals surface area contributed by atoms with Gasteiger partial charge >= 0.3 is 11.9 Å². The normalized spacial score (nSPS) is 10.7. The van der Waals surface area contributed by atoms with Gasteiger partial charge in [0.05, 0.1) is 25.0 Å². The van der Waals surface area contributed by atoms with Crippen molar-refractivity contribution in [3.63, 3.8) is 0 Å². The second kappa shape index (κ2) is 8.17. The van der Waals surface area contributed by atoms with Crippen molar-refractivity contribution in [3.05, 3.63) is 46.2 Å². The third-order valence-corrected chi connectivity index (χ3v) is 5.03. The van der Waals surface area contributed by atoms with Crippen molar-refractivity contribution in [1.82, 2.24) is 14.6 Å². The number of carbonyl (C=O) groups excluding carboxylic acids is 3. The van der Waals surface area contributed by atoms with E-state index in [2.05, 4.69) is 15.4 Å². The van der Waals surface area contributed by atoms with E-state index < -0.39 is 17.8 Å². The Morgan fingerprint density at radius 3 is 2.61 bits per heavy atom. The summed E-state index contributed by atoms with van der Waals surface area (Å²) in [7, 11) is 0. The molecule has 3 aromatic rings. The van der Waals surface area contributed by atoms with Crippen LogP contribution >= 0.6 is 11.3 Å². The summed E-state index contributed by atoms with van der Waals surface area (Å²) in [4.78, 5) is 41.8. The average Bonchev–Trinajstić information content (AvgIpc) is 3.23. The molecule has 0 aliphatic carbocycles. The number of amides is 1. The van der Waals surface area contributed by atoms with E-state index in [9.17, 15) is 14.4 Å². The lowest BCUT2D eigenvalue weighted by Gasteiger charge is -2.06. The van der Waals surface area contributed by atoms with Crippen LogP contribution in [0, 0.1) is 6.92 Å². The molecular weight excluding hydrogens is 384 g/mol. The second-order valence-corrected chi connectivity index (χ2v) is 6.62. The van der Waals surface area contributed by atoms with Crippen molar-refractivity contribution >= 4 is 39.8 Å². The van der Waals surface area contributed by atoms with E-state index in [0.717, 1.165) is 11.3 Å². The number of carbonyl (C=O) groups is 3. The Bertz CT molecular complexity index is 1060. The summed E-state index contributed by atoms with van der Waals surface area (Å²) in [5.74, 6) is -1.69. The van der Waals surface area contributed by atoms with Gasteiger partial charge in [0.2, 0.25) is 0 Å². The number of anilines is 1. The molecule has 0 atom stereocenters. The molecule has 0 spiro atoms. The highest BCUT2D eigenvalue weighted by molar-refractivity contribution is 7.18. The second-order valence-electron chi connectivity index (χ2n) is 5.60. The molecule has 0 unspecified atom stereocenters. The van der Waals surface area contributed by atoms with Crippen LogP contribution in [0.1, 0.15) is 49.8 Å². The maximum Gasteiger partial charge on any atom is 0.348 e. The first-order valence-corrected chi connectivity index (χ1v) is 9.36. The van der Waals surface area contributed by atoms with Crippen LogP contribution in [-0.2, 0) is 9.47 Å². The van der Waals surface area contributed by atoms with Crippen molar-refractivity contribution in [1.29, 1.82) is 0 Å². The fraction of sp³-hybridized carbons (Fsp3) is 0.278. The van der Waals surface area contributed by atoms with E-state index in [4.69, 9.17) is 9.47 Å². The summed E-state index contributed by atoms with van der Waals surface area (Å²) in [6, 6.07) is 1.69. The van der Waals surface area contributed by atoms with E-state index in [1.54, 1.807) is 39.2 Å². The van der Waals surface area contributed by atoms with Gasteiger partial charge < -0.3 is 14.8 Å². The number of esters is 2. The molecule has 0 aliphatic rings. The van der Waals surface area contributed by atoms with Gasteiger partial charge in [-0.05, 0) is 32.4 Å². The Hall–Kier alpha value is -3.27. The zero-order valence-corrected chi connectivity index (χ0v) is 16.3. The third-order valence-electron chi connectivity index (χ3n) is 3.84. The molecule has 0 fully saturated rings. The van der Waals surface area contributed by atoms with Crippen molar-refractivity contribution in [3.8, 4) is 0 Å². The molecule has 0 saturated heterocycles. The van der Waals surface area contributed by atoms with Gasteiger partial charge in [-0.3, -0.25) is 4.79 Å². The van der Waals surface area contributed by atoms with Crippen LogP contribution in [0.2, 0.25) is 0 Å². The summed E-state index contributed by atoms with van der Waals surface area (Å²) in [5.41, 5.74) is 1.14. The Kier molecular flexibility index (Phi) is 5.69. The van der Waals surface area contributed by atoms with Gasteiger partial charge in [-0.1, -0.05) is 0 Å². The SMILES string of the molecule is CCOC(=O)c1sc(NC(=O)c2cnn3cccnc23)c(C(=O)OCC)c1C. The quantitative estimate of drug-likeness (QED) is 0.631. The van der Waals surface area contributed by atoms with Gasteiger partial charge in [0.1, 0.15) is 15.4 Å².